The Morgan fingerprint density at radius 2 is 1.67 bits per heavy atom. The third-order valence-corrected chi connectivity index (χ3v) is 5.74. The van der Waals surface area contributed by atoms with E-state index in [4.69, 9.17) is 0 Å². The Morgan fingerprint density at radius 1 is 1.03 bits per heavy atom. The molecular weight excluding hydrogens is 415 g/mol. The smallest absolute Gasteiger partial charge is 0.325 e. The number of hydrogen-bond donors (Lipinski definition) is 2. The first-order valence-electron chi connectivity index (χ1n) is 8.91. The van der Waals surface area contributed by atoms with Crippen LogP contribution in [-0.2, 0) is 19.6 Å². The molecule has 1 aliphatic heterocycles. The van der Waals surface area contributed by atoms with Crippen molar-refractivity contribution in [2.24, 2.45) is 0 Å². The molecule has 9 nitrogen and oxygen atoms in total. The van der Waals surface area contributed by atoms with Gasteiger partial charge < -0.3 is 10.2 Å². The van der Waals surface area contributed by atoms with E-state index in [0.717, 1.165) is 6.92 Å². The first-order valence-corrected chi connectivity index (χ1v) is 10.4. The lowest BCUT2D eigenvalue weighted by atomic mass is 10.3. The second kappa shape index (κ2) is 8.49. The van der Waals surface area contributed by atoms with Crippen molar-refractivity contribution >= 4 is 39.2 Å². The molecule has 11 heteroatoms. The second-order valence-electron chi connectivity index (χ2n) is 6.57. The van der Waals surface area contributed by atoms with E-state index in [1.54, 1.807) is 0 Å². The molecule has 30 heavy (non-hydrogen) atoms. The summed E-state index contributed by atoms with van der Waals surface area (Å²) in [6.07, 6.45) is 0. The number of carbonyl (C=O) groups excluding carboxylic acids is 3. The summed E-state index contributed by atoms with van der Waals surface area (Å²) in [5.41, 5.74) is 0.879. The largest absolute Gasteiger partial charge is 0.325 e. The van der Waals surface area contributed by atoms with Gasteiger partial charge in [-0.2, -0.15) is 0 Å². The van der Waals surface area contributed by atoms with Crippen LogP contribution in [0.2, 0.25) is 0 Å². The van der Waals surface area contributed by atoms with Gasteiger partial charge in [-0.25, -0.2) is 22.3 Å². The summed E-state index contributed by atoms with van der Waals surface area (Å²) in [4.78, 5) is 38.4. The van der Waals surface area contributed by atoms with Gasteiger partial charge in [-0.15, -0.1) is 0 Å². The maximum absolute atomic E-state index is 13.1. The summed E-state index contributed by atoms with van der Waals surface area (Å²) in [5.74, 6) is -1.57. The van der Waals surface area contributed by atoms with Gasteiger partial charge in [0.05, 0.1) is 4.90 Å². The van der Waals surface area contributed by atoms with Gasteiger partial charge in [0.15, 0.2) is 0 Å². The number of hydrogen-bond acceptors (Lipinski definition) is 5. The number of carbonyl (C=O) groups is 3. The fourth-order valence-corrected chi connectivity index (χ4v) is 3.92. The Morgan fingerprint density at radius 3 is 2.27 bits per heavy atom. The van der Waals surface area contributed by atoms with Crippen molar-refractivity contribution in [1.82, 2.24) is 9.62 Å². The lowest BCUT2D eigenvalue weighted by Gasteiger charge is -2.18. The molecule has 158 valence electrons. The normalized spacial score (nSPS) is 14.0. The van der Waals surface area contributed by atoms with E-state index in [0.29, 0.717) is 24.5 Å². The molecule has 0 saturated carbocycles. The molecule has 2 aromatic carbocycles. The quantitative estimate of drug-likeness (QED) is 0.715. The average molecular weight is 434 g/mol. The van der Waals surface area contributed by atoms with Crippen LogP contribution in [0.3, 0.4) is 0 Å². The number of benzene rings is 2. The van der Waals surface area contributed by atoms with E-state index in [1.807, 2.05) is 4.72 Å². The molecule has 0 atom stereocenters. The highest BCUT2D eigenvalue weighted by Gasteiger charge is 2.30. The molecule has 1 saturated heterocycles. The summed E-state index contributed by atoms with van der Waals surface area (Å²) >= 11 is 0. The number of amides is 4. The Kier molecular flexibility index (Phi) is 6.01. The lowest BCUT2D eigenvalue weighted by Crippen LogP contribution is -2.37. The Balaban J connectivity index is 1.59. The van der Waals surface area contributed by atoms with Crippen molar-refractivity contribution in [2.75, 3.05) is 29.9 Å². The van der Waals surface area contributed by atoms with Crippen molar-refractivity contribution in [3.63, 3.8) is 0 Å². The van der Waals surface area contributed by atoms with Crippen LogP contribution < -0.4 is 14.9 Å². The van der Waals surface area contributed by atoms with E-state index < -0.39 is 27.7 Å². The van der Waals surface area contributed by atoms with Crippen molar-refractivity contribution in [3.8, 4) is 0 Å². The maximum atomic E-state index is 13.1. The molecule has 2 N–H and O–H groups in total. The molecule has 0 radical (unpaired) electrons. The van der Waals surface area contributed by atoms with Gasteiger partial charge in [0, 0.05) is 31.4 Å². The zero-order chi connectivity index (χ0) is 21.9. The fraction of sp³-hybridized carbons (Fsp3) is 0.211. The Bertz CT molecular complexity index is 1070. The number of sulfonamides is 1. The van der Waals surface area contributed by atoms with Crippen LogP contribution in [0.1, 0.15) is 6.92 Å². The van der Waals surface area contributed by atoms with Gasteiger partial charge in [-0.1, -0.05) is 0 Å². The Hall–Kier alpha value is -3.47. The molecule has 1 aliphatic rings. The first kappa shape index (κ1) is 21.2. The third kappa shape index (κ3) is 4.92. The number of rotatable bonds is 6. The van der Waals surface area contributed by atoms with E-state index in [2.05, 4.69) is 5.32 Å². The van der Waals surface area contributed by atoms with E-state index in [9.17, 15) is 27.2 Å². The van der Waals surface area contributed by atoms with Crippen molar-refractivity contribution in [1.29, 1.82) is 0 Å². The first-order chi connectivity index (χ1) is 14.2. The molecule has 0 bridgehead atoms. The van der Waals surface area contributed by atoms with E-state index in [1.165, 1.54) is 58.3 Å². The highest BCUT2D eigenvalue weighted by Crippen LogP contribution is 2.21. The van der Waals surface area contributed by atoms with Crippen molar-refractivity contribution in [3.05, 3.63) is 54.3 Å². The molecule has 0 aromatic heterocycles. The topological polar surface area (TPSA) is 116 Å². The standard InChI is InChI=1S/C19H19FN4O5S/c1-13(25)22-30(28,29)17-8-4-15(5-9-17)21-18(26)12-23-10-11-24(19(23)27)16-6-2-14(20)3-7-16/h2-9H,10-12H2,1H3,(H,21,26)(H,22,25). The molecular formula is C19H19FN4O5S. The van der Waals surface area contributed by atoms with Gasteiger partial charge in [-0.3, -0.25) is 14.5 Å². The van der Waals surface area contributed by atoms with Gasteiger partial charge in [0.25, 0.3) is 10.0 Å². The van der Waals surface area contributed by atoms with Gasteiger partial charge in [0.2, 0.25) is 11.8 Å². The van der Waals surface area contributed by atoms with Gasteiger partial charge in [0.1, 0.15) is 12.4 Å². The molecule has 0 spiro atoms. The van der Waals surface area contributed by atoms with E-state index >= 15 is 0 Å². The van der Waals surface area contributed by atoms with Gasteiger partial charge >= 0.3 is 6.03 Å². The van der Waals surface area contributed by atoms with Crippen LogP contribution in [0.5, 0.6) is 0 Å². The predicted molar refractivity (Wildman–Crippen MR) is 107 cm³/mol. The predicted octanol–water partition coefficient (Wildman–Crippen LogP) is 1.53. The SMILES string of the molecule is CC(=O)NS(=O)(=O)c1ccc(NC(=O)CN2CCN(c3ccc(F)cc3)C2=O)cc1. The van der Waals surface area contributed by atoms with Crippen LogP contribution in [-0.4, -0.2) is 50.8 Å². The molecule has 3 rings (SSSR count). The number of urea groups is 1. The molecule has 2 aromatic rings. The molecule has 0 aliphatic carbocycles. The minimum absolute atomic E-state index is 0.125. The van der Waals surface area contributed by atoms with Crippen LogP contribution >= 0.6 is 0 Å². The summed E-state index contributed by atoms with van der Waals surface area (Å²) < 4.78 is 38.7. The van der Waals surface area contributed by atoms with Crippen LogP contribution in [0.25, 0.3) is 0 Å². The zero-order valence-corrected chi connectivity index (χ0v) is 16.8. The molecule has 1 fully saturated rings. The zero-order valence-electron chi connectivity index (χ0n) is 16.0. The minimum atomic E-state index is -3.96. The van der Waals surface area contributed by atoms with E-state index in [-0.39, 0.29) is 17.5 Å². The lowest BCUT2D eigenvalue weighted by molar-refractivity contribution is -0.117. The van der Waals surface area contributed by atoms with Crippen molar-refractivity contribution in [2.45, 2.75) is 11.8 Å². The number of anilines is 2. The third-order valence-electron chi connectivity index (χ3n) is 4.29. The molecule has 4 amide bonds. The van der Waals surface area contributed by atoms with Crippen LogP contribution in [0, 0.1) is 5.82 Å². The van der Waals surface area contributed by atoms with Gasteiger partial charge in [-0.05, 0) is 48.5 Å². The van der Waals surface area contributed by atoms with Crippen LogP contribution in [0.4, 0.5) is 20.6 Å². The second-order valence-corrected chi connectivity index (χ2v) is 8.25. The fourth-order valence-electron chi connectivity index (χ4n) is 2.93. The summed E-state index contributed by atoms with van der Waals surface area (Å²) in [5, 5.41) is 2.59. The Labute approximate surface area is 172 Å². The monoisotopic (exact) mass is 434 g/mol. The average Bonchev–Trinajstić information content (AvgIpc) is 3.02. The van der Waals surface area contributed by atoms with Crippen molar-refractivity contribution < 1.29 is 27.2 Å². The summed E-state index contributed by atoms with van der Waals surface area (Å²) in [6, 6.07) is 10.4. The molecule has 0 unspecified atom stereocenters. The number of nitrogens with zero attached hydrogens (tertiary/aromatic N) is 2. The number of nitrogens with one attached hydrogen (secondary N) is 2. The maximum Gasteiger partial charge on any atom is 0.325 e. The van der Waals surface area contributed by atoms with Crippen LogP contribution in [0.15, 0.2) is 53.4 Å². The summed E-state index contributed by atoms with van der Waals surface area (Å²) in [7, 11) is -3.96. The highest BCUT2D eigenvalue weighted by molar-refractivity contribution is 7.90. The number of halogens is 1. The summed E-state index contributed by atoms with van der Waals surface area (Å²) in [6.45, 7) is 1.59. The minimum Gasteiger partial charge on any atom is -0.325 e. The highest BCUT2D eigenvalue weighted by atomic mass is 32.2. The molecule has 1 heterocycles.